The van der Waals surface area contributed by atoms with Gasteiger partial charge < -0.3 is 10.1 Å². The van der Waals surface area contributed by atoms with Gasteiger partial charge in [-0.05, 0) is 25.2 Å². The maximum absolute atomic E-state index is 13.1. The van der Waals surface area contributed by atoms with Crippen molar-refractivity contribution in [2.24, 2.45) is 0 Å². The van der Waals surface area contributed by atoms with Crippen molar-refractivity contribution in [2.75, 3.05) is 25.1 Å². The van der Waals surface area contributed by atoms with Crippen molar-refractivity contribution in [1.82, 2.24) is 5.32 Å². The molecule has 0 radical (unpaired) electrons. The van der Waals surface area contributed by atoms with E-state index in [2.05, 4.69) is 5.32 Å². The van der Waals surface area contributed by atoms with Gasteiger partial charge in [-0.1, -0.05) is 6.07 Å². The molecule has 16 heavy (non-hydrogen) atoms. The summed E-state index contributed by atoms with van der Waals surface area (Å²) in [5.41, 5.74) is 0.530. The van der Waals surface area contributed by atoms with Crippen molar-refractivity contribution < 1.29 is 13.9 Å². The van der Waals surface area contributed by atoms with Crippen molar-refractivity contribution in [2.45, 2.75) is 6.04 Å². The van der Waals surface area contributed by atoms with Gasteiger partial charge in [0.2, 0.25) is 0 Å². The Morgan fingerprint density at radius 2 is 2.44 bits per heavy atom. The highest BCUT2D eigenvalue weighted by Crippen LogP contribution is 2.23. The summed E-state index contributed by atoms with van der Waals surface area (Å²) >= 11 is 0. The predicted molar refractivity (Wildman–Crippen MR) is 57.9 cm³/mol. The molecule has 1 unspecified atom stereocenters. The highest BCUT2D eigenvalue weighted by molar-refractivity contribution is 5.90. The van der Waals surface area contributed by atoms with E-state index in [1.165, 1.54) is 17.0 Å². The molecule has 0 saturated carbocycles. The molecule has 1 aliphatic rings. The van der Waals surface area contributed by atoms with Crippen LogP contribution in [0.4, 0.5) is 14.9 Å². The van der Waals surface area contributed by atoms with Gasteiger partial charge in [-0.3, -0.25) is 4.90 Å². The maximum Gasteiger partial charge on any atom is 0.414 e. The second kappa shape index (κ2) is 4.49. The summed E-state index contributed by atoms with van der Waals surface area (Å²) in [6.45, 7) is 0.943. The van der Waals surface area contributed by atoms with E-state index in [0.29, 0.717) is 18.8 Å². The fourth-order valence-electron chi connectivity index (χ4n) is 1.79. The molecule has 86 valence electrons. The van der Waals surface area contributed by atoms with Crippen molar-refractivity contribution in [3.63, 3.8) is 0 Å². The van der Waals surface area contributed by atoms with Crippen LogP contribution in [-0.4, -0.2) is 32.3 Å². The third-order valence-corrected chi connectivity index (χ3v) is 2.49. The molecule has 1 aromatic rings. The Balaban J connectivity index is 2.26. The number of ether oxygens (including phenoxy) is 1. The first-order chi connectivity index (χ1) is 7.72. The van der Waals surface area contributed by atoms with E-state index in [9.17, 15) is 9.18 Å². The number of amides is 1. The number of anilines is 1. The second-order valence-corrected chi connectivity index (χ2v) is 3.64. The summed E-state index contributed by atoms with van der Waals surface area (Å²) in [4.78, 5) is 13.0. The Bertz CT molecular complexity index is 397. The lowest BCUT2D eigenvalue weighted by atomic mass is 10.2. The number of cyclic esters (lactones) is 1. The van der Waals surface area contributed by atoms with E-state index < -0.39 is 6.09 Å². The average molecular weight is 224 g/mol. The smallest absolute Gasteiger partial charge is 0.414 e. The molecule has 1 fully saturated rings. The summed E-state index contributed by atoms with van der Waals surface area (Å²) in [5, 5.41) is 2.98. The van der Waals surface area contributed by atoms with E-state index in [-0.39, 0.29) is 11.9 Å². The van der Waals surface area contributed by atoms with Crippen LogP contribution in [0.25, 0.3) is 0 Å². The minimum Gasteiger partial charge on any atom is -0.447 e. The first kappa shape index (κ1) is 10.9. The number of carbonyl (C=O) groups excluding carboxylic acids is 1. The summed E-state index contributed by atoms with van der Waals surface area (Å²) in [5.74, 6) is -0.361. The normalized spacial score (nSPS) is 20.0. The maximum atomic E-state index is 13.1. The van der Waals surface area contributed by atoms with Crippen LogP contribution in [-0.2, 0) is 4.74 Å². The number of benzene rings is 1. The lowest BCUT2D eigenvalue weighted by Crippen LogP contribution is -2.40. The lowest BCUT2D eigenvalue weighted by Gasteiger charge is -2.20. The van der Waals surface area contributed by atoms with E-state index in [4.69, 9.17) is 4.74 Å². The quantitative estimate of drug-likeness (QED) is 0.843. The monoisotopic (exact) mass is 224 g/mol. The Kier molecular flexibility index (Phi) is 3.05. The molecule has 1 atom stereocenters. The van der Waals surface area contributed by atoms with Crippen LogP contribution in [0, 0.1) is 5.82 Å². The van der Waals surface area contributed by atoms with Crippen LogP contribution < -0.4 is 10.2 Å². The fraction of sp³-hybridized carbons (Fsp3) is 0.364. The SMILES string of the molecule is CNCC1COC(=O)N1c1cccc(F)c1. The Labute approximate surface area is 93.0 Å². The number of hydrogen-bond acceptors (Lipinski definition) is 3. The Morgan fingerprint density at radius 1 is 1.62 bits per heavy atom. The lowest BCUT2D eigenvalue weighted by molar-refractivity contribution is 0.178. The largest absolute Gasteiger partial charge is 0.447 e. The number of likely N-dealkylation sites (N-methyl/N-ethyl adjacent to an activating group) is 1. The third kappa shape index (κ3) is 1.99. The van der Waals surface area contributed by atoms with Crippen LogP contribution >= 0.6 is 0 Å². The van der Waals surface area contributed by atoms with Gasteiger partial charge >= 0.3 is 6.09 Å². The molecule has 2 rings (SSSR count). The molecule has 0 aromatic heterocycles. The second-order valence-electron chi connectivity index (χ2n) is 3.64. The molecule has 0 aliphatic carbocycles. The minimum atomic E-state index is -0.425. The summed E-state index contributed by atoms with van der Waals surface area (Å²) < 4.78 is 18.0. The van der Waals surface area contributed by atoms with Crippen LogP contribution in [0.1, 0.15) is 0 Å². The number of nitrogens with one attached hydrogen (secondary N) is 1. The number of carbonyl (C=O) groups is 1. The Morgan fingerprint density at radius 3 is 3.12 bits per heavy atom. The molecule has 5 heteroatoms. The van der Waals surface area contributed by atoms with Gasteiger partial charge in [0, 0.05) is 6.54 Å². The van der Waals surface area contributed by atoms with Gasteiger partial charge in [-0.15, -0.1) is 0 Å². The molecule has 1 amide bonds. The van der Waals surface area contributed by atoms with E-state index >= 15 is 0 Å². The fourth-order valence-corrected chi connectivity index (χ4v) is 1.79. The number of hydrogen-bond donors (Lipinski definition) is 1. The zero-order valence-corrected chi connectivity index (χ0v) is 8.94. The van der Waals surface area contributed by atoms with Crippen molar-refractivity contribution >= 4 is 11.8 Å². The highest BCUT2D eigenvalue weighted by atomic mass is 19.1. The zero-order valence-electron chi connectivity index (χ0n) is 8.94. The third-order valence-electron chi connectivity index (χ3n) is 2.49. The molecule has 0 bridgehead atoms. The zero-order chi connectivity index (χ0) is 11.5. The van der Waals surface area contributed by atoms with Gasteiger partial charge in [0.1, 0.15) is 12.4 Å². The minimum absolute atomic E-state index is 0.0840. The Hall–Kier alpha value is -1.62. The van der Waals surface area contributed by atoms with Crippen LogP contribution in [0.2, 0.25) is 0 Å². The van der Waals surface area contributed by atoms with Gasteiger partial charge in [-0.2, -0.15) is 0 Å². The first-order valence-electron chi connectivity index (χ1n) is 5.08. The van der Waals surface area contributed by atoms with Gasteiger partial charge in [0.25, 0.3) is 0 Å². The van der Waals surface area contributed by atoms with Crippen LogP contribution in [0.3, 0.4) is 0 Å². The van der Waals surface area contributed by atoms with Crippen molar-refractivity contribution in [3.8, 4) is 0 Å². The number of halogens is 1. The molecule has 1 N–H and O–H groups in total. The van der Waals surface area contributed by atoms with Gasteiger partial charge in [0.15, 0.2) is 0 Å². The van der Waals surface area contributed by atoms with E-state index in [0.717, 1.165) is 0 Å². The van der Waals surface area contributed by atoms with Crippen molar-refractivity contribution in [3.05, 3.63) is 30.1 Å². The predicted octanol–water partition coefficient (Wildman–Crippen LogP) is 1.37. The van der Waals surface area contributed by atoms with Crippen molar-refractivity contribution in [1.29, 1.82) is 0 Å². The molecular formula is C11H13FN2O2. The highest BCUT2D eigenvalue weighted by Gasteiger charge is 2.33. The average Bonchev–Trinajstić information content (AvgIpc) is 2.60. The summed E-state index contributed by atoms with van der Waals surface area (Å²) in [6.07, 6.45) is -0.425. The molecule has 1 aliphatic heterocycles. The van der Waals surface area contributed by atoms with Gasteiger partial charge in [0.05, 0.1) is 11.7 Å². The van der Waals surface area contributed by atoms with E-state index in [1.54, 1.807) is 19.2 Å². The van der Waals surface area contributed by atoms with E-state index in [1.807, 2.05) is 0 Å². The molecule has 0 spiro atoms. The van der Waals surface area contributed by atoms with Crippen LogP contribution in [0.15, 0.2) is 24.3 Å². The first-order valence-corrected chi connectivity index (χ1v) is 5.08. The van der Waals surface area contributed by atoms with Gasteiger partial charge in [-0.25, -0.2) is 9.18 Å². The number of rotatable bonds is 3. The summed E-state index contributed by atoms with van der Waals surface area (Å²) in [7, 11) is 1.80. The molecule has 1 heterocycles. The standard InChI is InChI=1S/C11H13FN2O2/c1-13-6-10-7-16-11(15)14(10)9-4-2-3-8(12)5-9/h2-5,10,13H,6-7H2,1H3. The topological polar surface area (TPSA) is 41.6 Å². The molecular weight excluding hydrogens is 211 g/mol. The summed E-state index contributed by atoms with van der Waals surface area (Å²) in [6, 6.07) is 5.86. The molecule has 1 aromatic carbocycles. The molecule has 4 nitrogen and oxygen atoms in total. The molecule has 1 saturated heterocycles. The van der Waals surface area contributed by atoms with Crippen LogP contribution in [0.5, 0.6) is 0 Å². The number of nitrogens with zero attached hydrogens (tertiary/aromatic N) is 1.